The summed E-state index contributed by atoms with van der Waals surface area (Å²) in [6.45, 7) is 0. The van der Waals surface area contributed by atoms with Gasteiger partial charge in [-0.15, -0.1) is 0 Å². The first-order valence-electron chi connectivity index (χ1n) is 3.93. The van der Waals surface area contributed by atoms with E-state index in [2.05, 4.69) is 9.36 Å². The maximum atomic E-state index is 11.1. The molecule has 0 aliphatic rings. The molecule has 2 N–H and O–H groups in total. The van der Waals surface area contributed by atoms with Gasteiger partial charge in [0.15, 0.2) is 0 Å². The summed E-state index contributed by atoms with van der Waals surface area (Å²) in [5.41, 5.74) is 7.06. The molecule has 0 fully saturated rings. The summed E-state index contributed by atoms with van der Waals surface area (Å²) in [6, 6.07) is 3.34. The van der Waals surface area contributed by atoms with Crippen LogP contribution in [0.15, 0.2) is 29.9 Å². The number of nitrogens with zero attached hydrogens (tertiary/aromatic N) is 2. The Bertz CT molecular complexity index is 453. The van der Waals surface area contributed by atoms with Crippen LogP contribution < -0.4 is 5.73 Å². The number of pyridine rings is 1. The van der Waals surface area contributed by atoms with Gasteiger partial charge in [0, 0.05) is 17.1 Å². The molecule has 0 saturated heterocycles. The van der Waals surface area contributed by atoms with Gasteiger partial charge in [0.1, 0.15) is 0 Å². The highest BCUT2D eigenvalue weighted by atomic mass is 32.1. The van der Waals surface area contributed by atoms with E-state index >= 15 is 0 Å². The molecule has 2 aromatic heterocycles. The number of rotatable bonds is 2. The van der Waals surface area contributed by atoms with Gasteiger partial charge in [-0.05, 0) is 23.7 Å². The van der Waals surface area contributed by atoms with E-state index < -0.39 is 5.91 Å². The molecule has 5 heteroatoms. The van der Waals surface area contributed by atoms with Gasteiger partial charge in [-0.25, -0.2) is 4.37 Å². The number of carbonyl (C=O) groups excluding carboxylic acids is 1. The van der Waals surface area contributed by atoms with Crippen molar-refractivity contribution in [2.45, 2.75) is 0 Å². The average molecular weight is 205 g/mol. The number of aromatic nitrogens is 2. The second-order valence-electron chi connectivity index (χ2n) is 2.68. The van der Waals surface area contributed by atoms with Crippen LogP contribution in [0.4, 0.5) is 0 Å². The molecular formula is C9H7N3OS. The van der Waals surface area contributed by atoms with Crippen LogP contribution in [0.1, 0.15) is 10.4 Å². The number of hydrogen-bond acceptors (Lipinski definition) is 4. The Morgan fingerprint density at radius 3 is 3.00 bits per heavy atom. The molecule has 0 unspecified atom stereocenters. The molecule has 0 aromatic carbocycles. The number of primary amides is 1. The van der Waals surface area contributed by atoms with Gasteiger partial charge >= 0.3 is 0 Å². The Labute approximate surface area is 84.6 Å². The summed E-state index contributed by atoms with van der Waals surface area (Å²) < 4.78 is 3.95. The molecule has 0 atom stereocenters. The van der Waals surface area contributed by atoms with Crippen LogP contribution in [0.25, 0.3) is 11.3 Å². The smallest absolute Gasteiger partial charge is 0.250 e. The molecule has 2 rings (SSSR count). The lowest BCUT2D eigenvalue weighted by atomic mass is 10.1. The molecule has 14 heavy (non-hydrogen) atoms. The minimum Gasteiger partial charge on any atom is -0.366 e. The Hall–Kier alpha value is -1.75. The molecule has 0 saturated carbocycles. The van der Waals surface area contributed by atoms with Crippen molar-refractivity contribution in [3.05, 3.63) is 35.5 Å². The zero-order valence-corrected chi connectivity index (χ0v) is 7.99. The molecule has 0 aliphatic carbocycles. The van der Waals surface area contributed by atoms with Crippen LogP contribution >= 0.6 is 11.5 Å². The number of nitrogens with two attached hydrogens (primary N) is 1. The molecule has 0 bridgehead atoms. The van der Waals surface area contributed by atoms with E-state index in [9.17, 15) is 4.79 Å². The van der Waals surface area contributed by atoms with Crippen molar-refractivity contribution in [3.63, 3.8) is 0 Å². The zero-order valence-electron chi connectivity index (χ0n) is 7.18. The maximum absolute atomic E-state index is 11.1. The third-order valence-corrected chi connectivity index (χ3v) is 2.37. The van der Waals surface area contributed by atoms with E-state index in [1.54, 1.807) is 24.5 Å². The van der Waals surface area contributed by atoms with Crippen molar-refractivity contribution in [1.82, 2.24) is 9.36 Å². The topological polar surface area (TPSA) is 68.9 Å². The normalized spacial score (nSPS) is 10.0. The highest BCUT2D eigenvalue weighted by Crippen LogP contribution is 2.21. The van der Waals surface area contributed by atoms with Gasteiger partial charge in [-0.2, -0.15) is 0 Å². The molecule has 2 aromatic rings. The third-order valence-electron chi connectivity index (χ3n) is 1.78. The van der Waals surface area contributed by atoms with E-state index in [-0.39, 0.29) is 0 Å². The lowest BCUT2D eigenvalue weighted by molar-refractivity contribution is 0.100. The van der Waals surface area contributed by atoms with Crippen molar-refractivity contribution in [2.24, 2.45) is 5.73 Å². The van der Waals surface area contributed by atoms with E-state index in [1.165, 1.54) is 11.5 Å². The number of amides is 1. The molecule has 1 amide bonds. The van der Waals surface area contributed by atoms with Crippen LogP contribution in [-0.2, 0) is 0 Å². The van der Waals surface area contributed by atoms with Crippen molar-refractivity contribution in [2.75, 3.05) is 0 Å². The lowest BCUT2D eigenvalue weighted by Gasteiger charge is -2.01. The van der Waals surface area contributed by atoms with Crippen LogP contribution in [0.3, 0.4) is 0 Å². The quantitative estimate of drug-likeness (QED) is 0.803. The lowest BCUT2D eigenvalue weighted by Crippen LogP contribution is -2.12. The Morgan fingerprint density at radius 1 is 1.50 bits per heavy atom. The Balaban J connectivity index is 2.58. The van der Waals surface area contributed by atoms with E-state index in [1.807, 2.05) is 5.38 Å². The van der Waals surface area contributed by atoms with E-state index in [0.29, 0.717) is 11.3 Å². The van der Waals surface area contributed by atoms with Crippen molar-refractivity contribution in [1.29, 1.82) is 0 Å². The SMILES string of the molecule is NC(=O)c1cccnc1-c1cnsc1. The van der Waals surface area contributed by atoms with E-state index in [4.69, 9.17) is 5.73 Å². The number of hydrogen-bond donors (Lipinski definition) is 1. The summed E-state index contributed by atoms with van der Waals surface area (Å²) in [5.74, 6) is -0.473. The molecule has 0 aliphatic heterocycles. The average Bonchev–Trinajstić information content (AvgIpc) is 2.70. The third kappa shape index (κ3) is 1.49. The summed E-state index contributed by atoms with van der Waals surface area (Å²) >= 11 is 1.31. The molecule has 70 valence electrons. The van der Waals surface area contributed by atoms with Crippen molar-refractivity contribution < 1.29 is 4.79 Å². The zero-order chi connectivity index (χ0) is 9.97. The molecule has 0 radical (unpaired) electrons. The van der Waals surface area contributed by atoms with Crippen LogP contribution in [-0.4, -0.2) is 15.3 Å². The van der Waals surface area contributed by atoms with Gasteiger partial charge in [0.05, 0.1) is 17.5 Å². The van der Waals surface area contributed by atoms with Crippen molar-refractivity contribution >= 4 is 17.4 Å². The fraction of sp³-hybridized carbons (Fsp3) is 0. The minimum absolute atomic E-state index is 0.424. The summed E-state index contributed by atoms with van der Waals surface area (Å²) in [5, 5.41) is 1.83. The summed E-state index contributed by atoms with van der Waals surface area (Å²) in [4.78, 5) is 15.2. The second kappa shape index (κ2) is 3.55. The summed E-state index contributed by atoms with van der Waals surface area (Å²) in [7, 11) is 0. The van der Waals surface area contributed by atoms with Gasteiger partial charge in [-0.3, -0.25) is 9.78 Å². The first-order valence-corrected chi connectivity index (χ1v) is 4.77. The maximum Gasteiger partial charge on any atom is 0.250 e. The van der Waals surface area contributed by atoms with Gasteiger partial charge in [0.2, 0.25) is 0 Å². The van der Waals surface area contributed by atoms with Gasteiger partial charge in [-0.1, -0.05) is 0 Å². The molecular weight excluding hydrogens is 198 g/mol. The largest absolute Gasteiger partial charge is 0.366 e. The summed E-state index contributed by atoms with van der Waals surface area (Å²) in [6.07, 6.45) is 3.29. The predicted octanol–water partition coefficient (Wildman–Crippen LogP) is 1.30. The molecule has 2 heterocycles. The fourth-order valence-electron chi connectivity index (χ4n) is 1.16. The van der Waals surface area contributed by atoms with Gasteiger partial charge in [0.25, 0.3) is 5.91 Å². The Kier molecular flexibility index (Phi) is 2.24. The van der Waals surface area contributed by atoms with Crippen molar-refractivity contribution in [3.8, 4) is 11.3 Å². The first-order chi connectivity index (χ1) is 6.79. The monoisotopic (exact) mass is 205 g/mol. The minimum atomic E-state index is -0.473. The fourth-order valence-corrected chi connectivity index (χ4v) is 1.68. The highest BCUT2D eigenvalue weighted by molar-refractivity contribution is 7.03. The molecule has 4 nitrogen and oxygen atoms in total. The van der Waals surface area contributed by atoms with E-state index in [0.717, 1.165) is 5.56 Å². The van der Waals surface area contributed by atoms with Gasteiger partial charge < -0.3 is 5.73 Å². The van der Waals surface area contributed by atoms with Crippen LogP contribution in [0.5, 0.6) is 0 Å². The highest BCUT2D eigenvalue weighted by Gasteiger charge is 2.10. The van der Waals surface area contributed by atoms with Crippen LogP contribution in [0.2, 0.25) is 0 Å². The number of carbonyl (C=O) groups is 1. The Morgan fingerprint density at radius 2 is 2.36 bits per heavy atom. The van der Waals surface area contributed by atoms with Crippen LogP contribution in [0, 0.1) is 0 Å². The standard InChI is InChI=1S/C9H7N3OS/c10-9(13)7-2-1-3-11-8(7)6-4-12-14-5-6/h1-5H,(H2,10,13). The first kappa shape index (κ1) is 8.83. The molecule has 0 spiro atoms. The predicted molar refractivity (Wildman–Crippen MR) is 53.9 cm³/mol. The second-order valence-corrected chi connectivity index (χ2v) is 3.33.